The van der Waals surface area contributed by atoms with Crippen LogP contribution in [0.2, 0.25) is 0 Å². The molecule has 0 radical (unpaired) electrons. The molecule has 73 heavy (non-hydrogen) atoms. The maximum Gasteiger partial charge on any atom is 0.306 e. The van der Waals surface area contributed by atoms with Gasteiger partial charge in [0.2, 0.25) is 0 Å². The standard InChI is InChI=1S/C67H120O6/c1-4-7-10-13-16-19-22-25-28-30-32-33-35-37-40-42-45-48-51-54-57-60-66(69)72-63-64(73-67(70)61-58-55-52-49-46-43-38-27-24-21-18-15-12-9-6-3)62-71-65(68)59-56-53-50-47-44-41-39-36-34-31-29-26-23-20-17-14-11-8-5-2/h17,20,25-26,28-29,34,36,41,44,64H,4-16,18-19,21-24,27,30-33,35,37-40,42-43,45-63H2,1-3H3/b20-17-,28-25-,29-26-,36-34-,44-41-/t64-/m1/s1. The third-order valence-electron chi connectivity index (χ3n) is 14.0. The minimum absolute atomic E-state index is 0.0816. The molecule has 0 spiro atoms. The lowest BCUT2D eigenvalue weighted by atomic mass is 10.0. The molecule has 0 saturated carbocycles. The summed E-state index contributed by atoms with van der Waals surface area (Å²) in [5, 5.41) is 0. The van der Waals surface area contributed by atoms with Gasteiger partial charge in [0.25, 0.3) is 0 Å². The van der Waals surface area contributed by atoms with E-state index in [0.717, 1.165) is 83.5 Å². The fourth-order valence-corrected chi connectivity index (χ4v) is 9.19. The summed E-state index contributed by atoms with van der Waals surface area (Å²) in [6.45, 7) is 6.63. The smallest absolute Gasteiger partial charge is 0.306 e. The Balaban J connectivity index is 4.37. The lowest BCUT2D eigenvalue weighted by Crippen LogP contribution is -2.30. The Morgan fingerprint density at radius 3 is 0.822 bits per heavy atom. The normalized spacial score (nSPS) is 12.4. The summed E-state index contributed by atoms with van der Waals surface area (Å²) in [5.74, 6) is -0.896. The van der Waals surface area contributed by atoms with Crippen molar-refractivity contribution in [1.82, 2.24) is 0 Å². The molecule has 0 aromatic heterocycles. The van der Waals surface area contributed by atoms with Crippen LogP contribution in [0.1, 0.15) is 329 Å². The van der Waals surface area contributed by atoms with Gasteiger partial charge >= 0.3 is 17.9 Å². The summed E-state index contributed by atoms with van der Waals surface area (Å²) in [6.07, 6.45) is 77.9. The second-order valence-corrected chi connectivity index (χ2v) is 21.3. The van der Waals surface area contributed by atoms with E-state index in [1.54, 1.807) is 0 Å². The molecule has 6 heteroatoms. The predicted octanol–water partition coefficient (Wildman–Crippen LogP) is 21.6. The van der Waals surface area contributed by atoms with Crippen molar-refractivity contribution in [2.45, 2.75) is 335 Å². The lowest BCUT2D eigenvalue weighted by molar-refractivity contribution is -0.167. The zero-order chi connectivity index (χ0) is 52.9. The molecule has 0 aromatic carbocycles. The average Bonchev–Trinajstić information content (AvgIpc) is 3.39. The molecule has 0 rings (SSSR count). The van der Waals surface area contributed by atoms with Gasteiger partial charge in [-0.1, -0.05) is 281 Å². The number of hydrogen-bond acceptors (Lipinski definition) is 6. The van der Waals surface area contributed by atoms with Crippen molar-refractivity contribution in [3.8, 4) is 0 Å². The first-order valence-electron chi connectivity index (χ1n) is 31.8. The highest BCUT2D eigenvalue weighted by Gasteiger charge is 2.19. The zero-order valence-corrected chi connectivity index (χ0v) is 48.7. The van der Waals surface area contributed by atoms with Gasteiger partial charge in [0.05, 0.1) is 0 Å². The summed E-state index contributed by atoms with van der Waals surface area (Å²) in [6, 6.07) is 0. The van der Waals surface area contributed by atoms with Gasteiger partial charge in [0.1, 0.15) is 13.2 Å². The first-order valence-corrected chi connectivity index (χ1v) is 31.8. The molecule has 0 aliphatic rings. The van der Waals surface area contributed by atoms with Crippen molar-refractivity contribution in [2.75, 3.05) is 13.2 Å². The van der Waals surface area contributed by atoms with Crippen molar-refractivity contribution < 1.29 is 28.6 Å². The Bertz CT molecular complexity index is 1310. The van der Waals surface area contributed by atoms with Crippen molar-refractivity contribution in [1.29, 1.82) is 0 Å². The number of ether oxygens (including phenoxy) is 3. The molecule has 6 nitrogen and oxygen atoms in total. The van der Waals surface area contributed by atoms with E-state index in [1.807, 2.05) is 0 Å². The summed E-state index contributed by atoms with van der Waals surface area (Å²) >= 11 is 0. The van der Waals surface area contributed by atoms with Gasteiger partial charge in [-0.2, -0.15) is 0 Å². The Kier molecular flexibility index (Phi) is 59.2. The molecule has 0 bridgehead atoms. The van der Waals surface area contributed by atoms with E-state index in [1.165, 1.54) is 205 Å². The largest absolute Gasteiger partial charge is 0.462 e. The third-order valence-corrected chi connectivity index (χ3v) is 14.0. The summed E-state index contributed by atoms with van der Waals surface area (Å²) < 4.78 is 16.9. The van der Waals surface area contributed by atoms with Gasteiger partial charge in [0, 0.05) is 19.3 Å². The van der Waals surface area contributed by atoms with E-state index >= 15 is 0 Å². The predicted molar refractivity (Wildman–Crippen MR) is 316 cm³/mol. The summed E-state index contributed by atoms with van der Waals surface area (Å²) in [5.41, 5.74) is 0. The number of unbranched alkanes of at least 4 members (excludes halogenated alkanes) is 37. The van der Waals surface area contributed by atoms with E-state index in [-0.39, 0.29) is 31.1 Å². The molecular weight excluding hydrogens is 901 g/mol. The number of rotatable bonds is 58. The lowest BCUT2D eigenvalue weighted by Gasteiger charge is -2.18. The van der Waals surface area contributed by atoms with Crippen LogP contribution in [0.4, 0.5) is 0 Å². The Morgan fingerprint density at radius 2 is 0.493 bits per heavy atom. The molecular formula is C67H120O6. The van der Waals surface area contributed by atoms with Crippen LogP contribution in [0.25, 0.3) is 0 Å². The first-order chi connectivity index (χ1) is 36.0. The molecule has 0 heterocycles. The maximum absolute atomic E-state index is 12.9. The summed E-state index contributed by atoms with van der Waals surface area (Å²) in [7, 11) is 0. The van der Waals surface area contributed by atoms with Crippen molar-refractivity contribution in [2.24, 2.45) is 0 Å². The fourth-order valence-electron chi connectivity index (χ4n) is 9.19. The van der Waals surface area contributed by atoms with E-state index in [4.69, 9.17) is 14.2 Å². The molecule has 0 amide bonds. The molecule has 1 atom stereocenters. The van der Waals surface area contributed by atoms with Crippen LogP contribution in [0, 0.1) is 0 Å². The Hall–Kier alpha value is -2.89. The second kappa shape index (κ2) is 61.7. The fraction of sp³-hybridized carbons (Fsp3) is 0.806. The van der Waals surface area contributed by atoms with Crippen LogP contribution in [-0.2, 0) is 28.6 Å². The molecule has 0 aliphatic carbocycles. The highest BCUT2D eigenvalue weighted by molar-refractivity contribution is 5.71. The van der Waals surface area contributed by atoms with Gasteiger partial charge in [-0.05, 0) is 89.9 Å². The van der Waals surface area contributed by atoms with E-state index in [0.29, 0.717) is 19.3 Å². The monoisotopic (exact) mass is 1020 g/mol. The zero-order valence-electron chi connectivity index (χ0n) is 48.7. The maximum atomic E-state index is 12.9. The van der Waals surface area contributed by atoms with Gasteiger partial charge in [0.15, 0.2) is 6.10 Å². The van der Waals surface area contributed by atoms with Crippen LogP contribution in [0.5, 0.6) is 0 Å². The Labute approximate surface area is 453 Å². The SMILES string of the molecule is CCCCC/C=C\C/C=C\C/C=C\C/C=C\CCCCCC(=O)OC[C@H](COC(=O)CCCCCCCCCCCCC/C=C\CCCCCCCC)OC(=O)CCCCCCCCCCCCCCCCC. The highest BCUT2D eigenvalue weighted by atomic mass is 16.6. The van der Waals surface area contributed by atoms with Gasteiger partial charge in [-0.15, -0.1) is 0 Å². The van der Waals surface area contributed by atoms with Crippen LogP contribution in [0.15, 0.2) is 60.8 Å². The van der Waals surface area contributed by atoms with Gasteiger partial charge < -0.3 is 14.2 Å². The van der Waals surface area contributed by atoms with Crippen LogP contribution in [-0.4, -0.2) is 37.2 Å². The molecule has 0 N–H and O–H groups in total. The van der Waals surface area contributed by atoms with E-state index < -0.39 is 6.10 Å². The second-order valence-electron chi connectivity index (χ2n) is 21.3. The van der Waals surface area contributed by atoms with Crippen LogP contribution in [0.3, 0.4) is 0 Å². The molecule has 0 aromatic rings. The van der Waals surface area contributed by atoms with Crippen molar-refractivity contribution >= 4 is 17.9 Å². The molecule has 0 aliphatic heterocycles. The number of esters is 3. The molecule has 0 fully saturated rings. The number of allylic oxidation sites excluding steroid dienone is 10. The molecule has 0 unspecified atom stereocenters. The van der Waals surface area contributed by atoms with E-state index in [2.05, 4.69) is 81.5 Å². The van der Waals surface area contributed by atoms with Crippen LogP contribution < -0.4 is 0 Å². The topological polar surface area (TPSA) is 78.9 Å². The number of carbonyl (C=O) groups excluding carboxylic acids is 3. The quantitative estimate of drug-likeness (QED) is 0.0261. The Morgan fingerprint density at radius 1 is 0.274 bits per heavy atom. The minimum atomic E-state index is -0.786. The van der Waals surface area contributed by atoms with Crippen LogP contribution >= 0.6 is 0 Å². The van der Waals surface area contributed by atoms with Gasteiger partial charge in [-0.3, -0.25) is 14.4 Å². The van der Waals surface area contributed by atoms with Crippen molar-refractivity contribution in [3.63, 3.8) is 0 Å². The van der Waals surface area contributed by atoms with Crippen molar-refractivity contribution in [3.05, 3.63) is 60.8 Å². The summed E-state index contributed by atoms with van der Waals surface area (Å²) in [4.78, 5) is 38.3. The minimum Gasteiger partial charge on any atom is -0.462 e. The average molecular weight is 1020 g/mol. The molecule has 0 saturated heterocycles. The van der Waals surface area contributed by atoms with E-state index in [9.17, 15) is 14.4 Å². The van der Waals surface area contributed by atoms with Gasteiger partial charge in [-0.25, -0.2) is 0 Å². The third kappa shape index (κ3) is 59.9. The number of hydrogen-bond donors (Lipinski definition) is 0. The first kappa shape index (κ1) is 70.1. The molecule has 424 valence electrons. The number of carbonyl (C=O) groups is 3. The highest BCUT2D eigenvalue weighted by Crippen LogP contribution is 2.17.